The molecule has 0 aliphatic carbocycles. The van der Waals surface area contributed by atoms with E-state index < -0.39 is 23.7 Å². The Morgan fingerprint density at radius 3 is 2.63 bits per heavy atom. The summed E-state index contributed by atoms with van der Waals surface area (Å²) in [6, 6.07) is -1.18. The smallest absolute Gasteiger partial charge is 0.408 e. The van der Waals surface area contributed by atoms with E-state index in [1.165, 1.54) is 13.2 Å². The van der Waals surface area contributed by atoms with Crippen LogP contribution in [0.5, 0.6) is 0 Å². The number of methoxy groups -OCH3 is 1. The van der Waals surface area contributed by atoms with E-state index in [2.05, 4.69) is 11.9 Å². The van der Waals surface area contributed by atoms with Gasteiger partial charge in [0.2, 0.25) is 0 Å². The summed E-state index contributed by atoms with van der Waals surface area (Å²) >= 11 is 0. The van der Waals surface area contributed by atoms with Gasteiger partial charge in [0.1, 0.15) is 12.2 Å². The Bertz CT molecular complexity index is 337. The Labute approximate surface area is 111 Å². The lowest BCUT2D eigenvalue weighted by Crippen LogP contribution is -2.60. The van der Waals surface area contributed by atoms with E-state index in [1.54, 1.807) is 0 Å². The Morgan fingerprint density at radius 1 is 1.53 bits per heavy atom. The number of carbonyl (C=O) groups excluding carboxylic acids is 1. The van der Waals surface area contributed by atoms with Crippen molar-refractivity contribution in [3.8, 4) is 0 Å². The molecule has 1 fully saturated rings. The van der Waals surface area contributed by atoms with Crippen molar-refractivity contribution < 1.29 is 28.9 Å². The molecular weight excluding hydrogens is 254 g/mol. The van der Waals surface area contributed by atoms with Crippen LogP contribution in [0.1, 0.15) is 12.8 Å². The second-order valence-electron chi connectivity index (χ2n) is 4.18. The second kappa shape index (κ2) is 7.10. The predicted octanol–water partition coefficient (Wildman–Crippen LogP) is 0.547. The molecule has 1 unspecified atom stereocenters. The number of ether oxygens (including phenoxy) is 3. The third-order valence-electron chi connectivity index (χ3n) is 3.11. The van der Waals surface area contributed by atoms with Crippen molar-refractivity contribution in [1.82, 2.24) is 5.32 Å². The molecule has 1 aliphatic heterocycles. The average Bonchev–Trinajstić information content (AvgIpc) is 2.43. The first-order valence-electron chi connectivity index (χ1n) is 5.95. The summed E-state index contributed by atoms with van der Waals surface area (Å²) in [5.41, 5.74) is -0.975. The lowest BCUT2D eigenvalue weighted by molar-refractivity contribution is -0.157. The lowest BCUT2D eigenvalue weighted by Gasteiger charge is -2.40. The number of rotatable bonds is 6. The number of hydrogen-bond acceptors (Lipinski definition) is 5. The van der Waals surface area contributed by atoms with Crippen LogP contribution in [0.25, 0.3) is 0 Å². The highest BCUT2D eigenvalue weighted by Crippen LogP contribution is 2.28. The molecule has 1 aliphatic rings. The van der Waals surface area contributed by atoms with Gasteiger partial charge in [0, 0.05) is 33.2 Å². The summed E-state index contributed by atoms with van der Waals surface area (Å²) < 4.78 is 15.3. The van der Waals surface area contributed by atoms with Gasteiger partial charge in [-0.25, -0.2) is 9.59 Å². The minimum Gasteiger partial charge on any atom is -0.480 e. The van der Waals surface area contributed by atoms with Gasteiger partial charge in [-0.3, -0.25) is 0 Å². The number of carboxylic acids is 1. The fourth-order valence-electron chi connectivity index (χ4n) is 2.04. The first kappa shape index (κ1) is 15.5. The number of hydrogen-bond donors (Lipinski definition) is 2. The van der Waals surface area contributed by atoms with Crippen LogP contribution in [-0.2, 0) is 19.0 Å². The maximum Gasteiger partial charge on any atom is 0.408 e. The topological polar surface area (TPSA) is 94.1 Å². The van der Waals surface area contributed by atoms with E-state index in [9.17, 15) is 14.7 Å². The summed E-state index contributed by atoms with van der Waals surface area (Å²) in [5, 5.41) is 11.6. The summed E-state index contributed by atoms with van der Waals surface area (Å²) in [6.07, 6.45) is 1.37. The van der Waals surface area contributed by atoms with Gasteiger partial charge in [0.15, 0.2) is 6.04 Å². The van der Waals surface area contributed by atoms with E-state index in [0.29, 0.717) is 26.1 Å². The van der Waals surface area contributed by atoms with Crippen LogP contribution in [0.2, 0.25) is 0 Å². The van der Waals surface area contributed by atoms with E-state index in [0.717, 1.165) is 0 Å². The average molecular weight is 273 g/mol. The number of alkyl carbamates (subject to hydrolysis) is 1. The summed E-state index contributed by atoms with van der Waals surface area (Å²) in [4.78, 5) is 22.8. The van der Waals surface area contributed by atoms with Crippen LogP contribution < -0.4 is 5.32 Å². The number of aliphatic carboxylic acids is 1. The van der Waals surface area contributed by atoms with E-state index in [-0.39, 0.29) is 6.61 Å². The van der Waals surface area contributed by atoms with Crippen molar-refractivity contribution in [1.29, 1.82) is 0 Å². The standard InChI is InChI=1S/C12H19NO6/c1-3-6-19-11(16)13-9(10(14)15)12(17-2)4-7-18-8-5-12/h3,9H,1,4-8H2,2H3,(H,13,16)(H,14,15). The molecular formula is C12H19NO6. The normalized spacial score (nSPS) is 19.2. The molecule has 1 rings (SSSR count). The van der Waals surface area contributed by atoms with Crippen LogP contribution >= 0.6 is 0 Å². The van der Waals surface area contributed by atoms with Crippen LogP contribution in [0.3, 0.4) is 0 Å². The number of carboxylic acid groups (broad SMARTS) is 1. The van der Waals surface area contributed by atoms with Crippen LogP contribution in [0, 0.1) is 0 Å². The monoisotopic (exact) mass is 273 g/mol. The van der Waals surface area contributed by atoms with Crippen molar-refractivity contribution in [3.63, 3.8) is 0 Å². The molecule has 0 aromatic carbocycles. The SMILES string of the molecule is C=CCOC(=O)NC(C(=O)O)C1(OC)CCOCC1. The van der Waals surface area contributed by atoms with Gasteiger partial charge < -0.3 is 24.6 Å². The Kier molecular flexibility index (Phi) is 5.78. The van der Waals surface area contributed by atoms with E-state index in [4.69, 9.17) is 14.2 Å². The third-order valence-corrected chi connectivity index (χ3v) is 3.11. The Balaban J connectivity index is 2.77. The van der Waals surface area contributed by atoms with E-state index >= 15 is 0 Å². The Hall–Kier alpha value is -1.60. The first-order chi connectivity index (χ1) is 9.05. The van der Waals surface area contributed by atoms with Crippen LogP contribution in [0.4, 0.5) is 4.79 Å². The van der Waals surface area contributed by atoms with Gasteiger partial charge in [-0.05, 0) is 0 Å². The molecule has 0 spiro atoms. The first-order valence-corrected chi connectivity index (χ1v) is 5.95. The number of nitrogens with one attached hydrogen (secondary N) is 1. The summed E-state index contributed by atoms with van der Waals surface area (Å²) in [5.74, 6) is -1.17. The highest BCUT2D eigenvalue weighted by Gasteiger charge is 2.46. The predicted molar refractivity (Wildman–Crippen MR) is 65.9 cm³/mol. The van der Waals surface area contributed by atoms with Gasteiger partial charge in [0.05, 0.1) is 0 Å². The molecule has 1 amide bonds. The van der Waals surface area contributed by atoms with Gasteiger partial charge in [-0.1, -0.05) is 12.7 Å². The zero-order valence-corrected chi connectivity index (χ0v) is 10.9. The highest BCUT2D eigenvalue weighted by atomic mass is 16.6. The number of carbonyl (C=O) groups is 2. The van der Waals surface area contributed by atoms with Gasteiger partial charge in [-0.15, -0.1) is 0 Å². The van der Waals surface area contributed by atoms with Crippen molar-refractivity contribution in [2.45, 2.75) is 24.5 Å². The van der Waals surface area contributed by atoms with Crippen molar-refractivity contribution in [2.75, 3.05) is 26.9 Å². The molecule has 0 radical (unpaired) electrons. The molecule has 0 aromatic rings. The molecule has 1 atom stereocenters. The molecule has 1 heterocycles. The fourth-order valence-corrected chi connectivity index (χ4v) is 2.04. The van der Waals surface area contributed by atoms with Crippen molar-refractivity contribution in [3.05, 3.63) is 12.7 Å². The van der Waals surface area contributed by atoms with Crippen LogP contribution in [0.15, 0.2) is 12.7 Å². The molecule has 7 nitrogen and oxygen atoms in total. The summed E-state index contributed by atoms with van der Waals surface area (Å²) in [7, 11) is 1.43. The lowest BCUT2D eigenvalue weighted by atomic mass is 9.86. The molecule has 1 saturated heterocycles. The zero-order chi connectivity index (χ0) is 14.3. The van der Waals surface area contributed by atoms with Crippen molar-refractivity contribution in [2.24, 2.45) is 0 Å². The molecule has 108 valence electrons. The minimum absolute atomic E-state index is 0.0151. The zero-order valence-electron chi connectivity index (χ0n) is 10.9. The largest absolute Gasteiger partial charge is 0.480 e. The summed E-state index contributed by atoms with van der Waals surface area (Å²) in [6.45, 7) is 4.20. The van der Waals surface area contributed by atoms with Gasteiger partial charge in [-0.2, -0.15) is 0 Å². The minimum atomic E-state index is -1.18. The maximum atomic E-state index is 11.5. The van der Waals surface area contributed by atoms with E-state index in [1.807, 2.05) is 0 Å². The molecule has 7 heteroatoms. The van der Waals surface area contributed by atoms with Crippen LogP contribution in [-0.4, -0.2) is 55.7 Å². The van der Waals surface area contributed by atoms with Crippen molar-refractivity contribution >= 4 is 12.1 Å². The molecule has 19 heavy (non-hydrogen) atoms. The van der Waals surface area contributed by atoms with Gasteiger partial charge in [0.25, 0.3) is 0 Å². The molecule has 2 N–H and O–H groups in total. The third kappa shape index (κ3) is 3.93. The molecule has 0 bridgehead atoms. The maximum absolute atomic E-state index is 11.5. The van der Waals surface area contributed by atoms with Gasteiger partial charge >= 0.3 is 12.1 Å². The second-order valence-corrected chi connectivity index (χ2v) is 4.18. The fraction of sp³-hybridized carbons (Fsp3) is 0.667. The quantitative estimate of drug-likeness (QED) is 0.686. The Morgan fingerprint density at radius 2 is 2.16 bits per heavy atom. The molecule has 0 aromatic heterocycles. The molecule has 0 saturated carbocycles. The highest BCUT2D eigenvalue weighted by molar-refractivity contribution is 5.81. The number of amides is 1.